The average Bonchev–Trinajstić information content (AvgIpc) is 2.27. The minimum absolute atomic E-state index is 0.0822. The molecule has 1 aromatic rings. The molecule has 1 aromatic carbocycles. The number of hydrogen-bond donors (Lipinski definition) is 1. The molecular weight excluding hydrogens is 214 g/mol. The van der Waals surface area contributed by atoms with E-state index in [9.17, 15) is 4.79 Å². The molecule has 1 rings (SSSR count). The Labute approximate surface area is 103 Å². The summed E-state index contributed by atoms with van der Waals surface area (Å²) in [6.07, 6.45) is 0. The predicted molar refractivity (Wildman–Crippen MR) is 71.0 cm³/mol. The van der Waals surface area contributed by atoms with Gasteiger partial charge < -0.3 is 15.5 Å². The van der Waals surface area contributed by atoms with Crippen LogP contribution in [0, 0.1) is 6.92 Å². The minimum Gasteiger partial charge on any atom is -0.365 e. The molecule has 0 aliphatic rings. The second-order valence-corrected chi connectivity index (χ2v) is 4.43. The Morgan fingerprint density at radius 2 is 1.94 bits per heavy atom. The third-order valence-electron chi connectivity index (χ3n) is 2.79. The lowest BCUT2D eigenvalue weighted by atomic mass is 10.1. The summed E-state index contributed by atoms with van der Waals surface area (Å²) >= 11 is 0. The van der Waals surface area contributed by atoms with Crippen LogP contribution in [0.3, 0.4) is 0 Å². The van der Waals surface area contributed by atoms with Gasteiger partial charge in [0.25, 0.3) is 0 Å². The van der Waals surface area contributed by atoms with Gasteiger partial charge in [-0.05, 0) is 18.1 Å². The van der Waals surface area contributed by atoms with Crippen molar-refractivity contribution in [1.82, 2.24) is 4.90 Å². The Kier molecular flexibility index (Phi) is 4.52. The highest BCUT2D eigenvalue weighted by Gasteiger charge is 2.13. The van der Waals surface area contributed by atoms with E-state index in [0.717, 1.165) is 16.8 Å². The number of carbonyl (C=O) groups excluding carboxylic acids is 1. The second-order valence-electron chi connectivity index (χ2n) is 4.43. The quantitative estimate of drug-likeness (QED) is 0.846. The van der Waals surface area contributed by atoms with Crippen LogP contribution in [0.1, 0.15) is 11.1 Å². The third-order valence-corrected chi connectivity index (χ3v) is 2.79. The first-order valence-electron chi connectivity index (χ1n) is 5.67. The van der Waals surface area contributed by atoms with Crippen molar-refractivity contribution in [2.45, 2.75) is 13.5 Å². The Morgan fingerprint density at radius 3 is 2.47 bits per heavy atom. The first-order chi connectivity index (χ1) is 7.97. The first-order valence-corrected chi connectivity index (χ1v) is 5.67. The molecule has 0 fully saturated rings. The van der Waals surface area contributed by atoms with Crippen molar-refractivity contribution in [3.8, 4) is 0 Å². The summed E-state index contributed by atoms with van der Waals surface area (Å²) in [5, 5.41) is 0. The fraction of sp³-hybridized carbons (Fsp3) is 0.462. The van der Waals surface area contributed by atoms with Crippen LogP contribution in [0.15, 0.2) is 18.2 Å². The van der Waals surface area contributed by atoms with Gasteiger partial charge >= 0.3 is 0 Å². The highest BCUT2D eigenvalue weighted by molar-refractivity contribution is 5.81. The summed E-state index contributed by atoms with van der Waals surface area (Å²) in [7, 11) is 5.44. The Morgan fingerprint density at radius 1 is 1.29 bits per heavy atom. The number of para-hydroxylation sites is 1. The molecule has 0 unspecified atom stereocenters. The maximum atomic E-state index is 11.7. The average molecular weight is 235 g/mol. The van der Waals surface area contributed by atoms with Crippen molar-refractivity contribution in [3.63, 3.8) is 0 Å². The summed E-state index contributed by atoms with van der Waals surface area (Å²) < 4.78 is 0. The molecule has 0 saturated carbocycles. The highest BCUT2D eigenvalue weighted by atomic mass is 16.2. The van der Waals surface area contributed by atoms with Crippen LogP contribution < -0.4 is 10.6 Å². The Balaban J connectivity index is 2.95. The molecule has 0 radical (unpaired) electrons. The minimum atomic E-state index is 0.0822. The van der Waals surface area contributed by atoms with Crippen molar-refractivity contribution < 1.29 is 4.79 Å². The van der Waals surface area contributed by atoms with Crippen LogP contribution >= 0.6 is 0 Å². The lowest BCUT2D eigenvalue weighted by molar-refractivity contribution is -0.127. The van der Waals surface area contributed by atoms with E-state index >= 15 is 0 Å². The third kappa shape index (κ3) is 3.20. The Bertz CT molecular complexity index is 402. The molecule has 17 heavy (non-hydrogen) atoms. The topological polar surface area (TPSA) is 49.6 Å². The molecule has 0 atom stereocenters. The van der Waals surface area contributed by atoms with Gasteiger partial charge in [0.1, 0.15) is 0 Å². The summed E-state index contributed by atoms with van der Waals surface area (Å²) in [5.41, 5.74) is 9.00. The SMILES string of the molecule is Cc1cccc(CN)c1N(C)CC(=O)N(C)C. The lowest BCUT2D eigenvalue weighted by Gasteiger charge is -2.25. The van der Waals surface area contributed by atoms with E-state index in [2.05, 4.69) is 0 Å². The summed E-state index contributed by atoms with van der Waals surface area (Å²) in [6.45, 7) is 2.88. The Hall–Kier alpha value is -1.55. The van der Waals surface area contributed by atoms with Gasteiger partial charge in [-0.25, -0.2) is 0 Å². The van der Waals surface area contributed by atoms with E-state index in [1.807, 2.05) is 37.1 Å². The molecule has 0 aromatic heterocycles. The molecule has 0 saturated heterocycles. The maximum Gasteiger partial charge on any atom is 0.241 e. The van der Waals surface area contributed by atoms with Gasteiger partial charge in [-0.2, -0.15) is 0 Å². The number of anilines is 1. The standard InChI is InChI=1S/C13H21N3O/c1-10-6-5-7-11(8-14)13(10)16(4)9-12(17)15(2)3/h5-7H,8-9,14H2,1-4H3. The van der Waals surface area contributed by atoms with Crippen LogP contribution in [0.2, 0.25) is 0 Å². The number of nitrogens with two attached hydrogens (primary N) is 1. The number of aryl methyl sites for hydroxylation is 1. The van der Waals surface area contributed by atoms with Crippen molar-refractivity contribution in [2.24, 2.45) is 5.73 Å². The number of benzene rings is 1. The smallest absolute Gasteiger partial charge is 0.241 e. The predicted octanol–water partition coefficient (Wildman–Crippen LogP) is 0.978. The molecule has 0 aliphatic carbocycles. The highest BCUT2D eigenvalue weighted by Crippen LogP contribution is 2.23. The maximum absolute atomic E-state index is 11.7. The summed E-state index contributed by atoms with van der Waals surface area (Å²) in [6, 6.07) is 6.02. The number of hydrogen-bond acceptors (Lipinski definition) is 3. The number of likely N-dealkylation sites (N-methyl/N-ethyl adjacent to an activating group) is 2. The van der Waals surface area contributed by atoms with Gasteiger partial charge in [-0.3, -0.25) is 4.79 Å². The van der Waals surface area contributed by atoms with Crippen molar-refractivity contribution in [3.05, 3.63) is 29.3 Å². The fourth-order valence-corrected chi connectivity index (χ4v) is 1.85. The first kappa shape index (κ1) is 13.5. The van der Waals surface area contributed by atoms with Gasteiger partial charge in [0.05, 0.1) is 6.54 Å². The van der Waals surface area contributed by atoms with E-state index in [-0.39, 0.29) is 5.91 Å². The number of rotatable bonds is 4. The molecule has 0 aliphatic heterocycles. The van der Waals surface area contributed by atoms with Gasteiger partial charge in [0, 0.05) is 33.4 Å². The number of amides is 1. The number of nitrogens with zero attached hydrogens (tertiary/aromatic N) is 2. The van der Waals surface area contributed by atoms with Crippen molar-refractivity contribution in [2.75, 3.05) is 32.6 Å². The van der Waals surface area contributed by atoms with Gasteiger partial charge in [0.15, 0.2) is 0 Å². The van der Waals surface area contributed by atoms with Crippen molar-refractivity contribution in [1.29, 1.82) is 0 Å². The van der Waals surface area contributed by atoms with Crippen LogP contribution in [-0.2, 0) is 11.3 Å². The summed E-state index contributed by atoms with van der Waals surface area (Å²) in [5.74, 6) is 0.0822. The number of carbonyl (C=O) groups is 1. The zero-order valence-electron chi connectivity index (χ0n) is 11.0. The van der Waals surface area contributed by atoms with Gasteiger partial charge in [0.2, 0.25) is 5.91 Å². The van der Waals surface area contributed by atoms with E-state index in [1.54, 1.807) is 19.0 Å². The van der Waals surface area contributed by atoms with E-state index in [4.69, 9.17) is 5.73 Å². The molecular formula is C13H21N3O. The van der Waals surface area contributed by atoms with E-state index in [0.29, 0.717) is 13.1 Å². The lowest BCUT2D eigenvalue weighted by Crippen LogP contribution is -2.35. The zero-order chi connectivity index (χ0) is 13.0. The van der Waals surface area contributed by atoms with Crippen LogP contribution in [0.25, 0.3) is 0 Å². The molecule has 1 amide bonds. The van der Waals surface area contributed by atoms with E-state index in [1.165, 1.54) is 0 Å². The zero-order valence-corrected chi connectivity index (χ0v) is 11.0. The monoisotopic (exact) mass is 235 g/mol. The molecule has 0 heterocycles. The van der Waals surface area contributed by atoms with Crippen LogP contribution in [0.5, 0.6) is 0 Å². The van der Waals surface area contributed by atoms with Crippen molar-refractivity contribution >= 4 is 11.6 Å². The molecule has 94 valence electrons. The van der Waals surface area contributed by atoms with Gasteiger partial charge in [-0.15, -0.1) is 0 Å². The molecule has 0 bridgehead atoms. The molecule has 4 nitrogen and oxygen atoms in total. The molecule has 4 heteroatoms. The van der Waals surface area contributed by atoms with Gasteiger partial charge in [-0.1, -0.05) is 18.2 Å². The van der Waals surface area contributed by atoms with Crippen LogP contribution in [-0.4, -0.2) is 38.5 Å². The van der Waals surface area contributed by atoms with Crippen LogP contribution in [0.4, 0.5) is 5.69 Å². The second kappa shape index (κ2) is 5.68. The normalized spacial score (nSPS) is 10.2. The largest absolute Gasteiger partial charge is 0.365 e. The molecule has 0 spiro atoms. The fourth-order valence-electron chi connectivity index (χ4n) is 1.85. The van der Waals surface area contributed by atoms with E-state index < -0.39 is 0 Å². The summed E-state index contributed by atoms with van der Waals surface area (Å²) in [4.78, 5) is 15.2. The molecule has 2 N–H and O–H groups in total.